The standard InChI is InChI=1S/CH3.Al.2HI.2H/h1H3;;2*1H;;. The van der Waals surface area contributed by atoms with Gasteiger partial charge in [-0.2, -0.15) is 0 Å². The van der Waals surface area contributed by atoms with Crippen molar-refractivity contribution in [3.63, 3.8) is 0 Å². The van der Waals surface area contributed by atoms with Crippen molar-refractivity contribution in [2.45, 2.75) is 5.79 Å². The van der Waals surface area contributed by atoms with Crippen molar-refractivity contribution >= 4 is 64.2 Å². The fraction of sp³-hybridized carbons (Fsp3) is 1.00. The van der Waals surface area contributed by atoms with E-state index in [2.05, 4.69) is 5.79 Å². The van der Waals surface area contributed by atoms with E-state index in [1.54, 1.807) is 0 Å². The number of rotatable bonds is 0. The first-order valence-electron chi connectivity index (χ1n) is 1.00. The predicted molar refractivity (Wildman–Crippen MR) is 45.2 cm³/mol. The molecule has 28 valence electrons. The molecule has 0 spiro atoms. The fourth-order valence-corrected chi connectivity index (χ4v) is 0. The Balaban J connectivity index is -0.00000000500. The molecule has 0 saturated carbocycles. The maximum atomic E-state index is 2.14. The lowest BCUT2D eigenvalue weighted by molar-refractivity contribution is 2.40. The van der Waals surface area contributed by atoms with Crippen LogP contribution in [-0.2, 0) is 0 Å². The van der Waals surface area contributed by atoms with Crippen LogP contribution in [0.3, 0.4) is 0 Å². The zero-order valence-electron chi connectivity index (χ0n) is 2.82. The van der Waals surface area contributed by atoms with E-state index in [0.29, 0.717) is 0 Å². The van der Waals surface area contributed by atoms with Crippen molar-refractivity contribution in [2.24, 2.45) is 0 Å². The van der Waals surface area contributed by atoms with Gasteiger partial charge in [-0.05, 0) is 0 Å². The topological polar surface area (TPSA) is 0 Å². The van der Waals surface area contributed by atoms with Crippen LogP contribution in [0.2, 0.25) is 5.79 Å². The van der Waals surface area contributed by atoms with Gasteiger partial charge >= 0.3 is 0 Å². The van der Waals surface area contributed by atoms with Crippen molar-refractivity contribution in [1.29, 1.82) is 0 Å². The second-order valence-electron chi connectivity index (χ2n) is 0. The lowest BCUT2D eigenvalue weighted by atomic mass is 11.9. The van der Waals surface area contributed by atoms with Gasteiger partial charge in [0.15, 0.2) is 0 Å². The Morgan fingerprint density at radius 3 is 1.00 bits per heavy atom. The monoisotopic (exact) mass is 300 g/mol. The summed E-state index contributed by atoms with van der Waals surface area (Å²) in [4.78, 5) is 0. The molecule has 0 radical (unpaired) electrons. The van der Waals surface area contributed by atoms with Gasteiger partial charge in [0.2, 0.25) is 16.3 Å². The van der Waals surface area contributed by atoms with E-state index < -0.39 is 0 Å². The Morgan fingerprint density at radius 1 is 1.00 bits per heavy atom. The van der Waals surface area contributed by atoms with Crippen LogP contribution in [0.15, 0.2) is 0 Å². The van der Waals surface area contributed by atoms with Crippen LogP contribution in [0.25, 0.3) is 0 Å². The second kappa shape index (κ2) is 20.0. The molecule has 0 amide bonds. The first-order chi connectivity index (χ1) is 1.00. The smallest absolute Gasteiger partial charge is 0.112 e. The van der Waals surface area contributed by atoms with E-state index >= 15 is 0 Å². The average Bonchev–Trinajstić information content (AvgIpc) is 1.00. The van der Waals surface area contributed by atoms with Crippen molar-refractivity contribution in [3.8, 4) is 0 Å². The average molecular weight is 300 g/mol. The summed E-state index contributed by atoms with van der Waals surface area (Å²) in [5.41, 5.74) is 0. The van der Waals surface area contributed by atoms with E-state index in [9.17, 15) is 0 Å². The van der Waals surface area contributed by atoms with E-state index in [-0.39, 0.29) is 48.0 Å². The molecule has 0 rings (SSSR count). The van der Waals surface area contributed by atoms with E-state index in [1.807, 2.05) is 0 Å². The molecule has 4 heavy (non-hydrogen) atoms. The van der Waals surface area contributed by atoms with Gasteiger partial charge < -0.3 is 0 Å². The number of halogens is 2. The largest absolute Gasteiger partial charge is 0.207 e. The highest BCUT2D eigenvalue weighted by molar-refractivity contribution is 14.0. The van der Waals surface area contributed by atoms with Crippen molar-refractivity contribution in [2.75, 3.05) is 0 Å². The minimum atomic E-state index is 0. The molecule has 0 aliphatic heterocycles. The van der Waals surface area contributed by atoms with Gasteiger partial charge in [-0.1, -0.05) is 0 Å². The summed E-state index contributed by atoms with van der Waals surface area (Å²) in [6, 6.07) is 0. The van der Waals surface area contributed by atoms with Crippen LogP contribution in [0.4, 0.5) is 0 Å². The molecule has 0 aliphatic rings. The highest BCUT2D eigenvalue weighted by Crippen LogP contribution is 0.960. The SMILES string of the molecule is I.I.[CH3][AlH2]. The van der Waals surface area contributed by atoms with Gasteiger partial charge in [-0.25, -0.2) is 0 Å². The molecule has 0 fully saturated rings. The molecule has 0 bridgehead atoms. The molecule has 0 aromatic heterocycles. The molecule has 0 aliphatic carbocycles. The Bertz CT molecular complexity index is 6.00. The molecular formula is CH7AlI2. The fourth-order valence-electron chi connectivity index (χ4n) is 0. The van der Waals surface area contributed by atoms with Crippen LogP contribution in [0, 0.1) is 0 Å². The zero-order chi connectivity index (χ0) is 2.00. The van der Waals surface area contributed by atoms with E-state index in [4.69, 9.17) is 0 Å². The first-order valence-corrected chi connectivity index (χ1v) is 3.00. The summed E-state index contributed by atoms with van der Waals surface area (Å²) in [5.74, 6) is 2.14. The Labute approximate surface area is 69.2 Å². The third kappa shape index (κ3) is 9.01. The molecule has 3 heteroatoms. The molecule has 0 aromatic carbocycles. The van der Waals surface area contributed by atoms with Crippen molar-refractivity contribution < 1.29 is 0 Å². The normalized spacial score (nSPS) is 1.25. The van der Waals surface area contributed by atoms with Crippen molar-refractivity contribution in [3.05, 3.63) is 0 Å². The highest BCUT2D eigenvalue weighted by Gasteiger charge is 1.06. The van der Waals surface area contributed by atoms with Gasteiger partial charge in [0.05, 0.1) is 0 Å². The molecule has 0 N–H and O–H groups in total. The molecule has 0 unspecified atom stereocenters. The molecular weight excluding hydrogens is 293 g/mol. The van der Waals surface area contributed by atoms with Gasteiger partial charge in [-0.15, -0.1) is 53.7 Å². The van der Waals surface area contributed by atoms with E-state index in [0.717, 1.165) is 0 Å². The second-order valence-corrected chi connectivity index (χ2v) is 0. The van der Waals surface area contributed by atoms with E-state index in [1.165, 1.54) is 16.3 Å². The maximum absolute atomic E-state index is 2.14. The van der Waals surface area contributed by atoms with Crippen LogP contribution in [0.5, 0.6) is 0 Å². The Hall–Kier alpha value is 1.99. The van der Waals surface area contributed by atoms with Crippen LogP contribution in [-0.4, -0.2) is 16.3 Å². The molecule has 0 heterocycles. The first kappa shape index (κ1) is 16.7. The summed E-state index contributed by atoms with van der Waals surface area (Å²) >= 11 is 1.31. The summed E-state index contributed by atoms with van der Waals surface area (Å²) in [7, 11) is 0. The summed E-state index contributed by atoms with van der Waals surface area (Å²) in [6.07, 6.45) is 0. The highest BCUT2D eigenvalue weighted by atomic mass is 127. The summed E-state index contributed by atoms with van der Waals surface area (Å²) in [6.45, 7) is 0. The molecule has 0 saturated heterocycles. The minimum Gasteiger partial charge on any atom is -0.112 e. The third-order valence-corrected chi connectivity index (χ3v) is 0. The lowest BCUT2D eigenvalue weighted by Gasteiger charge is -0.965. The zero-order valence-corrected chi connectivity index (χ0v) is 9.48. The van der Waals surface area contributed by atoms with Gasteiger partial charge in [-0.3, -0.25) is 0 Å². The third-order valence-electron chi connectivity index (χ3n) is 0. The van der Waals surface area contributed by atoms with Gasteiger partial charge in [0, 0.05) is 0 Å². The molecule has 0 atom stereocenters. The number of hydrogen-bond acceptors (Lipinski definition) is 0. The maximum Gasteiger partial charge on any atom is 0.207 e. The lowest BCUT2D eigenvalue weighted by Crippen LogP contribution is -1.13. The summed E-state index contributed by atoms with van der Waals surface area (Å²) in [5, 5.41) is 0. The van der Waals surface area contributed by atoms with Crippen LogP contribution >= 0.6 is 48.0 Å². The molecule has 0 nitrogen and oxygen atoms in total. The van der Waals surface area contributed by atoms with Gasteiger partial charge in [0.25, 0.3) is 0 Å². The molecule has 0 aromatic rings. The Kier molecular flexibility index (Phi) is 83.6. The van der Waals surface area contributed by atoms with Crippen molar-refractivity contribution in [1.82, 2.24) is 0 Å². The van der Waals surface area contributed by atoms with Gasteiger partial charge in [0.1, 0.15) is 0 Å². The minimum absolute atomic E-state index is 0. The predicted octanol–water partition coefficient (Wildman–Crippen LogP) is 0.904. The Morgan fingerprint density at radius 2 is 1.00 bits per heavy atom. The quantitative estimate of drug-likeness (QED) is 0.461. The summed E-state index contributed by atoms with van der Waals surface area (Å²) < 4.78 is 0. The van der Waals surface area contributed by atoms with Crippen LogP contribution < -0.4 is 0 Å². The number of hydrogen-bond donors (Lipinski definition) is 0. The van der Waals surface area contributed by atoms with Crippen LogP contribution in [0.1, 0.15) is 0 Å².